The fraction of sp³-hybridized carbons (Fsp3) is 0.333. The zero-order valence-corrected chi connectivity index (χ0v) is 8.84. The maximum absolute atomic E-state index is 12.5. The van der Waals surface area contributed by atoms with Gasteiger partial charge in [-0.25, -0.2) is 13.8 Å². The van der Waals surface area contributed by atoms with Gasteiger partial charge in [0, 0.05) is 5.56 Å². The van der Waals surface area contributed by atoms with Gasteiger partial charge in [-0.3, -0.25) is 4.79 Å². The van der Waals surface area contributed by atoms with Crippen LogP contribution in [0, 0.1) is 0 Å². The summed E-state index contributed by atoms with van der Waals surface area (Å²) >= 11 is 5.52. The van der Waals surface area contributed by atoms with E-state index in [0.29, 0.717) is 5.56 Å². The van der Waals surface area contributed by atoms with E-state index in [0.717, 1.165) is 0 Å². The van der Waals surface area contributed by atoms with Crippen LogP contribution >= 0.6 is 11.6 Å². The first kappa shape index (κ1) is 12.6. The molecular formula is C9H9ClF2N2O2. The molecule has 1 heterocycles. The van der Waals surface area contributed by atoms with Gasteiger partial charge in [0.15, 0.2) is 0 Å². The number of hydrogen-bond acceptors (Lipinski definition) is 3. The quantitative estimate of drug-likeness (QED) is 0.801. The molecule has 4 nitrogen and oxygen atoms in total. The molecule has 3 N–H and O–H groups in total. The summed E-state index contributed by atoms with van der Waals surface area (Å²) < 4.78 is 25.1. The van der Waals surface area contributed by atoms with Crippen molar-refractivity contribution in [2.75, 3.05) is 5.73 Å². The molecule has 0 aliphatic heterocycles. The molecule has 1 aromatic rings. The van der Waals surface area contributed by atoms with Crippen molar-refractivity contribution in [2.24, 2.45) is 0 Å². The Morgan fingerprint density at radius 3 is 2.62 bits per heavy atom. The number of carboxylic acids is 1. The first-order valence-electron chi connectivity index (χ1n) is 4.29. The number of halogens is 3. The second-order valence-electron chi connectivity index (χ2n) is 3.08. The summed E-state index contributed by atoms with van der Waals surface area (Å²) in [7, 11) is 0. The van der Waals surface area contributed by atoms with Gasteiger partial charge in [0.2, 0.25) is 0 Å². The largest absolute Gasteiger partial charge is 0.481 e. The predicted octanol–water partition coefficient (Wildman–Crippen LogP) is 1.97. The lowest BCUT2D eigenvalue weighted by Crippen LogP contribution is -2.09. The number of nitrogens with two attached hydrogens (primary N) is 1. The third-order valence-corrected chi connectivity index (χ3v) is 2.23. The van der Waals surface area contributed by atoms with Crippen molar-refractivity contribution in [1.29, 1.82) is 0 Å². The summed E-state index contributed by atoms with van der Waals surface area (Å²) in [5.74, 6) is -1.32. The highest BCUT2D eigenvalue weighted by atomic mass is 35.5. The molecule has 16 heavy (non-hydrogen) atoms. The van der Waals surface area contributed by atoms with Crippen LogP contribution < -0.4 is 5.73 Å². The molecule has 0 aliphatic rings. The maximum Gasteiger partial charge on any atom is 0.307 e. The number of nitrogens with zero attached hydrogens (tertiary/aromatic N) is 1. The second-order valence-corrected chi connectivity index (χ2v) is 3.35. The zero-order valence-electron chi connectivity index (χ0n) is 8.08. The average molecular weight is 251 g/mol. The second kappa shape index (κ2) is 5.07. The molecule has 1 aromatic heterocycles. The van der Waals surface area contributed by atoms with E-state index in [-0.39, 0.29) is 17.3 Å². The van der Waals surface area contributed by atoms with Gasteiger partial charge in [-0.05, 0) is 11.6 Å². The Morgan fingerprint density at radius 2 is 2.19 bits per heavy atom. The number of carbonyl (C=O) groups is 1. The van der Waals surface area contributed by atoms with Crippen LogP contribution in [0.25, 0.3) is 0 Å². The van der Waals surface area contributed by atoms with E-state index in [9.17, 15) is 13.6 Å². The molecule has 7 heteroatoms. The number of alkyl halides is 3. The molecule has 0 saturated heterocycles. The Morgan fingerprint density at radius 1 is 1.56 bits per heavy atom. The van der Waals surface area contributed by atoms with Crippen molar-refractivity contribution in [2.45, 2.75) is 18.7 Å². The molecule has 0 atom stereocenters. The monoisotopic (exact) mass is 250 g/mol. The van der Waals surface area contributed by atoms with E-state index in [1.165, 1.54) is 6.07 Å². The van der Waals surface area contributed by atoms with Gasteiger partial charge in [0.25, 0.3) is 6.43 Å². The minimum Gasteiger partial charge on any atom is -0.481 e. The topological polar surface area (TPSA) is 76.2 Å². The van der Waals surface area contributed by atoms with Crippen LogP contribution in [0.2, 0.25) is 0 Å². The molecule has 0 aromatic carbocycles. The standard InChI is InChI=1S/C9H9ClF2N2O2/c10-3-5-1-4(2-6(15)16)7(8(11)12)14-9(5)13/h1,8H,2-3H2,(H2,13,14)(H,15,16). The van der Waals surface area contributed by atoms with Crippen LogP contribution in [0.4, 0.5) is 14.6 Å². The first-order chi connectivity index (χ1) is 7.45. The molecule has 1 rings (SSSR count). The van der Waals surface area contributed by atoms with Crippen LogP contribution in [-0.4, -0.2) is 16.1 Å². The van der Waals surface area contributed by atoms with Gasteiger partial charge < -0.3 is 10.8 Å². The summed E-state index contributed by atoms with van der Waals surface area (Å²) in [5, 5.41) is 8.57. The number of aliphatic carboxylic acids is 1. The molecule has 0 amide bonds. The molecule has 0 spiro atoms. The maximum atomic E-state index is 12.5. The fourth-order valence-corrected chi connectivity index (χ4v) is 1.45. The molecule has 0 aliphatic carbocycles. The van der Waals surface area contributed by atoms with Gasteiger partial charge in [-0.2, -0.15) is 0 Å². The van der Waals surface area contributed by atoms with Crippen molar-refractivity contribution in [1.82, 2.24) is 4.98 Å². The fourth-order valence-electron chi connectivity index (χ4n) is 1.23. The van der Waals surface area contributed by atoms with Gasteiger partial charge in [-0.15, -0.1) is 11.6 Å². The van der Waals surface area contributed by atoms with Crippen LogP contribution in [0.3, 0.4) is 0 Å². The summed E-state index contributed by atoms with van der Waals surface area (Å²) in [6.45, 7) is 0. The Hall–Kier alpha value is -1.43. The zero-order chi connectivity index (χ0) is 12.3. The van der Waals surface area contributed by atoms with Crippen LogP contribution in [-0.2, 0) is 17.1 Å². The smallest absolute Gasteiger partial charge is 0.307 e. The molecule has 0 radical (unpaired) electrons. The van der Waals surface area contributed by atoms with Crippen molar-refractivity contribution < 1.29 is 18.7 Å². The SMILES string of the molecule is Nc1nc(C(F)F)c(CC(=O)O)cc1CCl. The first-order valence-corrected chi connectivity index (χ1v) is 4.83. The predicted molar refractivity (Wildman–Crippen MR) is 54.5 cm³/mol. The van der Waals surface area contributed by atoms with Gasteiger partial charge in [0.05, 0.1) is 12.3 Å². The molecular weight excluding hydrogens is 242 g/mol. The van der Waals surface area contributed by atoms with Gasteiger partial charge in [-0.1, -0.05) is 0 Å². The molecule has 0 fully saturated rings. The lowest BCUT2D eigenvalue weighted by atomic mass is 10.1. The number of rotatable bonds is 4. The van der Waals surface area contributed by atoms with E-state index in [1.54, 1.807) is 0 Å². The van der Waals surface area contributed by atoms with Gasteiger partial charge in [0.1, 0.15) is 11.5 Å². The highest BCUT2D eigenvalue weighted by Crippen LogP contribution is 2.25. The number of anilines is 1. The average Bonchev–Trinajstić information content (AvgIpc) is 2.19. The summed E-state index contributed by atoms with van der Waals surface area (Å²) in [5.41, 5.74) is 5.08. The minimum atomic E-state index is -2.86. The number of pyridine rings is 1. The number of carboxylic acid groups (broad SMARTS) is 1. The van der Waals surface area contributed by atoms with Crippen LogP contribution in [0.5, 0.6) is 0 Å². The summed E-state index contributed by atoms with van der Waals surface area (Å²) in [4.78, 5) is 14.0. The molecule has 0 bridgehead atoms. The van der Waals surface area contributed by atoms with E-state index < -0.39 is 24.5 Å². The Labute approximate surface area is 95.0 Å². The van der Waals surface area contributed by atoms with E-state index >= 15 is 0 Å². The van der Waals surface area contributed by atoms with Crippen molar-refractivity contribution >= 4 is 23.4 Å². The van der Waals surface area contributed by atoms with Crippen molar-refractivity contribution in [3.05, 3.63) is 22.9 Å². The lowest BCUT2D eigenvalue weighted by molar-refractivity contribution is -0.136. The Kier molecular flexibility index (Phi) is 4.00. The van der Waals surface area contributed by atoms with Gasteiger partial charge >= 0.3 is 5.97 Å². The molecule has 0 unspecified atom stereocenters. The van der Waals surface area contributed by atoms with Crippen molar-refractivity contribution in [3.8, 4) is 0 Å². The highest BCUT2D eigenvalue weighted by Gasteiger charge is 2.19. The third-order valence-electron chi connectivity index (χ3n) is 1.94. The summed E-state index contributed by atoms with van der Waals surface area (Å²) in [6.07, 6.45) is -3.39. The molecule has 88 valence electrons. The van der Waals surface area contributed by atoms with Crippen LogP contribution in [0.15, 0.2) is 6.07 Å². The highest BCUT2D eigenvalue weighted by molar-refractivity contribution is 6.17. The Bertz CT molecular complexity index is 413. The molecule has 0 saturated carbocycles. The van der Waals surface area contributed by atoms with Crippen LogP contribution in [0.1, 0.15) is 23.2 Å². The lowest BCUT2D eigenvalue weighted by Gasteiger charge is -2.10. The number of aromatic nitrogens is 1. The normalized spacial score (nSPS) is 10.8. The van der Waals surface area contributed by atoms with E-state index in [4.69, 9.17) is 22.4 Å². The third kappa shape index (κ3) is 2.79. The van der Waals surface area contributed by atoms with E-state index in [1.807, 2.05) is 0 Å². The Balaban J connectivity index is 3.24. The summed E-state index contributed by atoms with van der Waals surface area (Å²) in [6, 6.07) is 1.25. The van der Waals surface area contributed by atoms with Crippen molar-refractivity contribution in [3.63, 3.8) is 0 Å². The number of hydrogen-bond donors (Lipinski definition) is 2. The van der Waals surface area contributed by atoms with E-state index in [2.05, 4.69) is 4.98 Å². The number of nitrogen functional groups attached to an aromatic ring is 1. The minimum absolute atomic E-state index is 0.00499.